The van der Waals surface area contributed by atoms with E-state index in [1.807, 2.05) is 0 Å². The van der Waals surface area contributed by atoms with Crippen molar-refractivity contribution in [1.82, 2.24) is 0 Å². The molecule has 0 heterocycles. The molecule has 0 atom stereocenters. The highest BCUT2D eigenvalue weighted by Gasteiger charge is 2.03. The molecule has 8 heteroatoms. The second kappa shape index (κ2) is 9.11. The summed E-state index contributed by atoms with van der Waals surface area (Å²) in [5, 5.41) is 0. The Hall–Kier alpha value is -0.960. The topological polar surface area (TPSA) is 99.1 Å². The number of carbonyl (C=O) groups is 1. The predicted molar refractivity (Wildman–Crippen MR) is 59.2 cm³/mol. The number of ether oxygens (including phenoxy) is 3. The summed E-state index contributed by atoms with van der Waals surface area (Å²) in [5.41, 5.74) is 0. The highest BCUT2D eigenvalue weighted by molar-refractivity contribution is 7.85. The summed E-state index contributed by atoms with van der Waals surface area (Å²) in [6.45, 7) is 3.93. The summed E-state index contributed by atoms with van der Waals surface area (Å²) in [7, 11) is -3.97. The van der Waals surface area contributed by atoms with Crippen molar-refractivity contribution in [3.63, 3.8) is 0 Å². The Bertz CT molecular complexity index is 322. The Morgan fingerprint density at radius 3 is 2.18 bits per heavy atom. The number of carbonyl (C=O) groups excluding carboxylic acids is 1. The summed E-state index contributed by atoms with van der Waals surface area (Å²) in [4.78, 5) is 10.6. The average molecular weight is 268 g/mol. The molecule has 0 unspecified atom stereocenters. The smallest absolute Gasteiger partial charge is 0.330 e. The molecule has 0 bridgehead atoms. The van der Waals surface area contributed by atoms with Crippen LogP contribution in [0.3, 0.4) is 0 Å². The Kier molecular flexibility index (Phi) is 8.60. The first-order valence-electron chi connectivity index (χ1n) is 4.85. The van der Waals surface area contributed by atoms with Crippen LogP contribution < -0.4 is 0 Å². The zero-order valence-electron chi connectivity index (χ0n) is 9.33. The minimum absolute atomic E-state index is 0.0896. The SMILES string of the molecule is C=CC(=O)OCCOCCOCCS(=O)(=O)O. The monoisotopic (exact) mass is 268 g/mol. The standard InChI is InChI=1S/C9H16O7S/c1-2-9(10)16-6-5-14-3-4-15-7-8-17(11,12)13/h2H,1,3-8H2,(H,11,12,13). The summed E-state index contributed by atoms with van der Waals surface area (Å²) >= 11 is 0. The van der Waals surface area contributed by atoms with Gasteiger partial charge in [0.1, 0.15) is 6.61 Å². The van der Waals surface area contributed by atoms with Crippen molar-refractivity contribution in [3.05, 3.63) is 12.7 Å². The first-order valence-corrected chi connectivity index (χ1v) is 6.46. The summed E-state index contributed by atoms with van der Waals surface area (Å²) in [5.74, 6) is -0.956. The van der Waals surface area contributed by atoms with Crippen LogP contribution in [-0.4, -0.2) is 57.7 Å². The van der Waals surface area contributed by atoms with Crippen LogP contribution in [0.15, 0.2) is 12.7 Å². The number of hydrogen-bond acceptors (Lipinski definition) is 6. The Balaban J connectivity index is 3.19. The van der Waals surface area contributed by atoms with Gasteiger partial charge in [0.05, 0.1) is 32.2 Å². The number of hydrogen-bond donors (Lipinski definition) is 1. The van der Waals surface area contributed by atoms with Gasteiger partial charge in [0.2, 0.25) is 0 Å². The molecule has 1 N–H and O–H groups in total. The van der Waals surface area contributed by atoms with E-state index in [1.165, 1.54) is 0 Å². The third kappa shape index (κ3) is 13.0. The van der Waals surface area contributed by atoms with Gasteiger partial charge in [-0.05, 0) is 0 Å². The Labute approximate surface area is 100 Å². The molecule has 0 rings (SSSR count). The molecule has 0 spiro atoms. The molecular formula is C9H16O7S. The van der Waals surface area contributed by atoms with Crippen LogP contribution in [-0.2, 0) is 29.1 Å². The molecule has 0 saturated carbocycles. The molecule has 17 heavy (non-hydrogen) atoms. The van der Waals surface area contributed by atoms with Gasteiger partial charge >= 0.3 is 5.97 Å². The van der Waals surface area contributed by atoms with Gasteiger partial charge in [-0.15, -0.1) is 0 Å². The van der Waals surface area contributed by atoms with Crippen LogP contribution in [0.2, 0.25) is 0 Å². The summed E-state index contributed by atoms with van der Waals surface area (Å²) in [6, 6.07) is 0. The van der Waals surface area contributed by atoms with Gasteiger partial charge in [-0.3, -0.25) is 4.55 Å². The fraction of sp³-hybridized carbons (Fsp3) is 0.667. The molecule has 0 aromatic heterocycles. The highest BCUT2D eigenvalue weighted by Crippen LogP contribution is 1.85. The quantitative estimate of drug-likeness (QED) is 0.250. The molecular weight excluding hydrogens is 252 g/mol. The van der Waals surface area contributed by atoms with Gasteiger partial charge in [0.15, 0.2) is 0 Å². The summed E-state index contributed by atoms with van der Waals surface area (Å²) in [6.07, 6.45) is 1.05. The minimum Gasteiger partial charge on any atom is -0.460 e. The molecule has 0 amide bonds. The maximum Gasteiger partial charge on any atom is 0.330 e. The predicted octanol–water partition coefficient (Wildman–Crippen LogP) is -0.363. The van der Waals surface area contributed by atoms with E-state index in [0.29, 0.717) is 0 Å². The van der Waals surface area contributed by atoms with Crippen molar-refractivity contribution in [2.75, 3.05) is 38.8 Å². The fourth-order valence-corrected chi connectivity index (χ4v) is 1.07. The van der Waals surface area contributed by atoms with Crippen LogP contribution in [0, 0.1) is 0 Å². The lowest BCUT2D eigenvalue weighted by Gasteiger charge is -2.05. The molecule has 0 aromatic carbocycles. The molecule has 0 aliphatic rings. The maximum atomic E-state index is 10.6. The van der Waals surface area contributed by atoms with Crippen molar-refractivity contribution in [2.45, 2.75) is 0 Å². The van der Waals surface area contributed by atoms with Crippen molar-refractivity contribution in [3.8, 4) is 0 Å². The molecule has 100 valence electrons. The van der Waals surface area contributed by atoms with Crippen LogP contribution in [0.4, 0.5) is 0 Å². The molecule has 0 saturated heterocycles. The fourth-order valence-electron chi connectivity index (χ4n) is 0.746. The van der Waals surface area contributed by atoms with E-state index in [9.17, 15) is 13.2 Å². The highest BCUT2D eigenvalue weighted by atomic mass is 32.2. The molecule has 0 aliphatic carbocycles. The normalized spacial score (nSPS) is 11.1. The Morgan fingerprint density at radius 2 is 1.65 bits per heavy atom. The van der Waals surface area contributed by atoms with Crippen LogP contribution in [0.5, 0.6) is 0 Å². The van der Waals surface area contributed by atoms with Gasteiger partial charge in [0.25, 0.3) is 10.1 Å². The molecule has 0 radical (unpaired) electrons. The number of rotatable bonds is 10. The van der Waals surface area contributed by atoms with E-state index in [4.69, 9.17) is 14.0 Å². The van der Waals surface area contributed by atoms with E-state index >= 15 is 0 Å². The molecule has 0 aromatic rings. The second-order valence-electron chi connectivity index (χ2n) is 2.88. The second-order valence-corrected chi connectivity index (χ2v) is 4.45. The van der Waals surface area contributed by atoms with E-state index in [-0.39, 0.29) is 33.0 Å². The lowest BCUT2D eigenvalue weighted by molar-refractivity contribution is -0.139. The Morgan fingerprint density at radius 1 is 1.12 bits per heavy atom. The van der Waals surface area contributed by atoms with E-state index in [0.717, 1.165) is 6.08 Å². The van der Waals surface area contributed by atoms with Crippen molar-refractivity contribution in [1.29, 1.82) is 0 Å². The van der Waals surface area contributed by atoms with Gasteiger partial charge in [0, 0.05) is 6.08 Å². The third-order valence-corrected chi connectivity index (χ3v) is 2.18. The van der Waals surface area contributed by atoms with Crippen LogP contribution in [0.1, 0.15) is 0 Å². The first kappa shape index (κ1) is 16.0. The van der Waals surface area contributed by atoms with Crippen molar-refractivity contribution in [2.24, 2.45) is 0 Å². The lowest BCUT2D eigenvalue weighted by Crippen LogP contribution is -2.15. The lowest BCUT2D eigenvalue weighted by atomic mass is 10.6. The van der Waals surface area contributed by atoms with Gasteiger partial charge in [-0.1, -0.05) is 6.58 Å². The van der Waals surface area contributed by atoms with E-state index < -0.39 is 21.8 Å². The molecule has 0 fully saturated rings. The minimum atomic E-state index is -3.97. The third-order valence-electron chi connectivity index (χ3n) is 1.50. The van der Waals surface area contributed by atoms with Crippen LogP contribution >= 0.6 is 0 Å². The van der Waals surface area contributed by atoms with Crippen molar-refractivity contribution < 1.29 is 32.0 Å². The summed E-state index contributed by atoms with van der Waals surface area (Å²) < 4.78 is 43.5. The van der Waals surface area contributed by atoms with Gasteiger partial charge < -0.3 is 14.2 Å². The van der Waals surface area contributed by atoms with Crippen molar-refractivity contribution >= 4 is 16.1 Å². The van der Waals surface area contributed by atoms with Gasteiger partial charge in [-0.2, -0.15) is 8.42 Å². The number of esters is 1. The first-order chi connectivity index (χ1) is 7.95. The van der Waals surface area contributed by atoms with Crippen LogP contribution in [0.25, 0.3) is 0 Å². The largest absolute Gasteiger partial charge is 0.460 e. The van der Waals surface area contributed by atoms with E-state index in [2.05, 4.69) is 11.3 Å². The van der Waals surface area contributed by atoms with Gasteiger partial charge in [-0.25, -0.2) is 4.79 Å². The average Bonchev–Trinajstić information content (AvgIpc) is 2.25. The maximum absolute atomic E-state index is 10.6. The molecule has 0 aliphatic heterocycles. The molecule has 7 nitrogen and oxygen atoms in total. The van der Waals surface area contributed by atoms with E-state index in [1.54, 1.807) is 0 Å². The zero-order valence-corrected chi connectivity index (χ0v) is 10.1. The zero-order chi connectivity index (χ0) is 13.1.